The monoisotopic (exact) mass is 353 g/mol. The predicted octanol–water partition coefficient (Wildman–Crippen LogP) is 4.77. The number of aromatic nitrogens is 1. The van der Waals surface area contributed by atoms with Crippen LogP contribution in [0.1, 0.15) is 50.8 Å². The molecule has 138 valence electrons. The fourth-order valence-corrected chi connectivity index (χ4v) is 3.38. The number of hydrogen-bond donors (Lipinski definition) is 1. The van der Waals surface area contributed by atoms with Crippen LogP contribution < -0.4 is 5.32 Å². The van der Waals surface area contributed by atoms with Crippen molar-refractivity contribution in [2.75, 3.05) is 11.9 Å². The molecule has 0 radical (unpaired) electrons. The van der Waals surface area contributed by atoms with Crippen LogP contribution in [0.25, 0.3) is 0 Å². The van der Waals surface area contributed by atoms with Gasteiger partial charge in [0.15, 0.2) is 0 Å². The molecule has 2 aromatic rings. The Kier molecular flexibility index (Phi) is 5.57. The lowest BCUT2D eigenvalue weighted by Gasteiger charge is -2.26. The Morgan fingerprint density at radius 2 is 2.00 bits per heavy atom. The SMILES string of the molecule is CC(C)(C)OC(=O)Nc1ncccc1[C@@H]1CCCN1Cc1ccccc1. The molecule has 1 amide bonds. The van der Waals surface area contributed by atoms with Crippen LogP contribution in [0.4, 0.5) is 10.6 Å². The van der Waals surface area contributed by atoms with E-state index in [9.17, 15) is 4.79 Å². The first-order valence-electron chi connectivity index (χ1n) is 9.15. The highest BCUT2D eigenvalue weighted by Gasteiger charge is 2.29. The zero-order valence-electron chi connectivity index (χ0n) is 15.7. The number of benzene rings is 1. The molecule has 0 unspecified atom stereocenters. The maximum absolute atomic E-state index is 12.2. The number of anilines is 1. The molecule has 2 heterocycles. The highest BCUT2D eigenvalue weighted by atomic mass is 16.6. The lowest BCUT2D eigenvalue weighted by atomic mass is 10.0. The maximum atomic E-state index is 12.2. The quantitative estimate of drug-likeness (QED) is 0.860. The van der Waals surface area contributed by atoms with Crippen molar-refractivity contribution >= 4 is 11.9 Å². The molecule has 3 rings (SSSR count). The standard InChI is InChI=1S/C21H27N3O2/c1-21(2,3)26-20(25)23-19-17(11-7-13-22-19)18-12-8-14-24(18)15-16-9-5-4-6-10-16/h4-7,9-11,13,18H,8,12,14-15H2,1-3H3,(H,22,23,25)/t18-/m0/s1. The topological polar surface area (TPSA) is 54.5 Å². The van der Waals surface area contributed by atoms with E-state index in [1.165, 1.54) is 5.56 Å². The Bertz CT molecular complexity index is 740. The third-order valence-electron chi connectivity index (χ3n) is 4.41. The first kappa shape index (κ1) is 18.4. The molecule has 1 aromatic heterocycles. The van der Waals surface area contributed by atoms with Gasteiger partial charge in [0, 0.05) is 24.3 Å². The van der Waals surface area contributed by atoms with Crippen LogP contribution in [0, 0.1) is 0 Å². The van der Waals surface area contributed by atoms with Gasteiger partial charge in [-0.15, -0.1) is 0 Å². The molecule has 0 bridgehead atoms. The smallest absolute Gasteiger partial charge is 0.413 e. The second-order valence-electron chi connectivity index (χ2n) is 7.68. The van der Waals surface area contributed by atoms with E-state index in [0.717, 1.165) is 31.5 Å². The van der Waals surface area contributed by atoms with Crippen molar-refractivity contribution in [3.05, 3.63) is 59.8 Å². The van der Waals surface area contributed by atoms with Gasteiger partial charge in [0.2, 0.25) is 0 Å². The Hall–Kier alpha value is -2.40. The van der Waals surface area contributed by atoms with Gasteiger partial charge < -0.3 is 4.74 Å². The first-order chi connectivity index (χ1) is 12.4. The number of nitrogens with one attached hydrogen (secondary N) is 1. The Morgan fingerprint density at radius 3 is 2.73 bits per heavy atom. The Morgan fingerprint density at radius 1 is 1.23 bits per heavy atom. The highest BCUT2D eigenvalue weighted by molar-refractivity contribution is 5.84. The Balaban J connectivity index is 1.76. The van der Waals surface area contributed by atoms with Crippen LogP contribution >= 0.6 is 0 Å². The van der Waals surface area contributed by atoms with Crippen molar-refractivity contribution in [2.24, 2.45) is 0 Å². The largest absolute Gasteiger partial charge is 0.444 e. The number of rotatable bonds is 4. The van der Waals surface area contributed by atoms with E-state index in [0.29, 0.717) is 5.82 Å². The summed E-state index contributed by atoms with van der Waals surface area (Å²) in [7, 11) is 0. The summed E-state index contributed by atoms with van der Waals surface area (Å²) >= 11 is 0. The van der Waals surface area contributed by atoms with Crippen LogP contribution in [0.5, 0.6) is 0 Å². The molecule has 1 fully saturated rings. The third-order valence-corrected chi connectivity index (χ3v) is 4.41. The molecule has 1 atom stereocenters. The summed E-state index contributed by atoms with van der Waals surface area (Å²) < 4.78 is 5.38. The average molecular weight is 353 g/mol. The summed E-state index contributed by atoms with van der Waals surface area (Å²) in [5.74, 6) is 0.590. The van der Waals surface area contributed by atoms with E-state index < -0.39 is 11.7 Å². The number of carbonyl (C=O) groups is 1. The Labute approximate surface area is 155 Å². The van der Waals surface area contributed by atoms with Crippen molar-refractivity contribution in [3.8, 4) is 0 Å². The molecule has 5 heteroatoms. The van der Waals surface area contributed by atoms with E-state index in [4.69, 9.17) is 4.74 Å². The molecular formula is C21H27N3O2. The molecule has 1 saturated heterocycles. The minimum absolute atomic E-state index is 0.244. The highest BCUT2D eigenvalue weighted by Crippen LogP contribution is 2.36. The van der Waals surface area contributed by atoms with Gasteiger partial charge >= 0.3 is 6.09 Å². The minimum atomic E-state index is -0.536. The van der Waals surface area contributed by atoms with Crippen LogP contribution in [0.2, 0.25) is 0 Å². The lowest BCUT2D eigenvalue weighted by Crippen LogP contribution is -2.29. The van der Waals surface area contributed by atoms with E-state index in [1.54, 1.807) is 6.20 Å². The zero-order chi connectivity index (χ0) is 18.6. The van der Waals surface area contributed by atoms with Crippen molar-refractivity contribution in [1.29, 1.82) is 0 Å². The predicted molar refractivity (Wildman–Crippen MR) is 103 cm³/mol. The van der Waals surface area contributed by atoms with Gasteiger partial charge in [-0.25, -0.2) is 9.78 Å². The summed E-state index contributed by atoms with van der Waals surface area (Å²) in [5, 5.41) is 2.83. The van der Waals surface area contributed by atoms with Crippen LogP contribution in [0.15, 0.2) is 48.7 Å². The van der Waals surface area contributed by atoms with Gasteiger partial charge in [-0.1, -0.05) is 36.4 Å². The van der Waals surface area contributed by atoms with E-state index >= 15 is 0 Å². The van der Waals surface area contributed by atoms with Crippen LogP contribution in [-0.4, -0.2) is 28.1 Å². The fourth-order valence-electron chi connectivity index (χ4n) is 3.38. The molecule has 5 nitrogen and oxygen atoms in total. The summed E-state index contributed by atoms with van der Waals surface area (Å²) in [5.41, 5.74) is 1.81. The van der Waals surface area contributed by atoms with E-state index in [1.807, 2.05) is 39.0 Å². The molecular weight excluding hydrogens is 326 g/mol. The summed E-state index contributed by atoms with van der Waals surface area (Å²) in [4.78, 5) is 19.0. The third kappa shape index (κ3) is 4.82. The first-order valence-corrected chi connectivity index (χ1v) is 9.15. The zero-order valence-corrected chi connectivity index (χ0v) is 15.7. The number of nitrogens with zero attached hydrogens (tertiary/aromatic N) is 2. The lowest BCUT2D eigenvalue weighted by molar-refractivity contribution is 0.0635. The summed E-state index contributed by atoms with van der Waals surface area (Å²) in [6, 6.07) is 14.7. The van der Waals surface area contributed by atoms with Crippen molar-refractivity contribution in [2.45, 2.75) is 51.8 Å². The normalized spacial score (nSPS) is 17.9. The second kappa shape index (κ2) is 7.87. The van der Waals surface area contributed by atoms with Gasteiger partial charge in [-0.05, 0) is 51.8 Å². The van der Waals surface area contributed by atoms with Crippen LogP contribution in [-0.2, 0) is 11.3 Å². The van der Waals surface area contributed by atoms with Crippen molar-refractivity contribution < 1.29 is 9.53 Å². The minimum Gasteiger partial charge on any atom is -0.444 e. The van der Waals surface area contributed by atoms with E-state index in [-0.39, 0.29) is 6.04 Å². The van der Waals surface area contributed by atoms with Gasteiger partial charge in [-0.3, -0.25) is 10.2 Å². The molecule has 1 aliphatic heterocycles. The second-order valence-corrected chi connectivity index (χ2v) is 7.68. The number of pyridine rings is 1. The van der Waals surface area contributed by atoms with Crippen LogP contribution in [0.3, 0.4) is 0 Å². The number of amides is 1. The molecule has 1 aromatic carbocycles. The van der Waals surface area contributed by atoms with Crippen molar-refractivity contribution in [3.63, 3.8) is 0 Å². The van der Waals surface area contributed by atoms with Gasteiger partial charge in [0.05, 0.1) is 0 Å². The van der Waals surface area contributed by atoms with Gasteiger partial charge in [0.25, 0.3) is 0 Å². The number of ether oxygens (including phenoxy) is 1. The molecule has 1 N–H and O–H groups in total. The van der Waals surface area contributed by atoms with E-state index in [2.05, 4.69) is 39.5 Å². The average Bonchev–Trinajstić information content (AvgIpc) is 3.02. The number of likely N-dealkylation sites (tertiary alicyclic amines) is 1. The molecule has 1 aliphatic rings. The van der Waals surface area contributed by atoms with Crippen molar-refractivity contribution in [1.82, 2.24) is 9.88 Å². The van der Waals surface area contributed by atoms with Gasteiger partial charge in [0.1, 0.15) is 11.4 Å². The molecule has 0 saturated carbocycles. The summed E-state index contributed by atoms with van der Waals surface area (Å²) in [6.45, 7) is 7.49. The number of hydrogen-bond acceptors (Lipinski definition) is 4. The molecule has 0 aliphatic carbocycles. The summed E-state index contributed by atoms with van der Waals surface area (Å²) in [6.07, 6.45) is 3.43. The molecule has 26 heavy (non-hydrogen) atoms. The van der Waals surface area contributed by atoms with Gasteiger partial charge in [-0.2, -0.15) is 0 Å². The maximum Gasteiger partial charge on any atom is 0.413 e. The fraction of sp³-hybridized carbons (Fsp3) is 0.429. The number of carbonyl (C=O) groups excluding carboxylic acids is 1. The molecule has 0 spiro atoms.